The minimum atomic E-state index is -0.252. The van der Waals surface area contributed by atoms with Crippen LogP contribution in [0.1, 0.15) is 26.0 Å². The minimum Gasteiger partial charge on any atom is -0.460 e. The molecule has 3 nitrogen and oxygen atoms in total. The van der Waals surface area contributed by atoms with Crippen molar-refractivity contribution in [2.75, 3.05) is 13.2 Å². The topological polar surface area (TPSA) is 45.4 Å². The summed E-state index contributed by atoms with van der Waals surface area (Å²) in [6, 6.07) is 10.1. The van der Waals surface area contributed by atoms with Crippen LogP contribution in [0.25, 0.3) is 11.3 Å². The van der Waals surface area contributed by atoms with Gasteiger partial charge in [-0.1, -0.05) is 13.8 Å². The van der Waals surface area contributed by atoms with E-state index in [1.807, 2.05) is 12.1 Å². The van der Waals surface area contributed by atoms with E-state index < -0.39 is 0 Å². The summed E-state index contributed by atoms with van der Waals surface area (Å²) in [6.45, 7) is 5.87. The fourth-order valence-electron chi connectivity index (χ4n) is 2.16. The molecule has 0 atom stereocenters. The van der Waals surface area contributed by atoms with Gasteiger partial charge in [-0.05, 0) is 48.2 Å². The van der Waals surface area contributed by atoms with Gasteiger partial charge in [0.25, 0.3) is 0 Å². The molecule has 0 spiro atoms. The number of furan rings is 1. The molecule has 0 amide bonds. The molecule has 1 aromatic carbocycles. The molecular formula is C17H22FNO2. The molecule has 0 bridgehead atoms. The van der Waals surface area contributed by atoms with E-state index in [1.165, 1.54) is 12.1 Å². The number of hydrogen-bond donors (Lipinski definition) is 2. The van der Waals surface area contributed by atoms with Gasteiger partial charge in [0, 0.05) is 18.7 Å². The molecule has 2 aromatic rings. The molecule has 0 saturated heterocycles. The minimum absolute atomic E-state index is 0.0567. The van der Waals surface area contributed by atoms with Crippen molar-refractivity contribution < 1.29 is 13.9 Å². The Balaban J connectivity index is 1.90. The van der Waals surface area contributed by atoms with E-state index >= 15 is 0 Å². The average Bonchev–Trinajstić information content (AvgIpc) is 2.88. The van der Waals surface area contributed by atoms with Crippen molar-refractivity contribution in [3.63, 3.8) is 0 Å². The highest BCUT2D eigenvalue weighted by atomic mass is 19.1. The Hall–Kier alpha value is -1.65. The Bertz CT molecular complexity index is 560. The molecule has 21 heavy (non-hydrogen) atoms. The second kappa shape index (κ2) is 6.87. The van der Waals surface area contributed by atoms with Gasteiger partial charge in [-0.15, -0.1) is 0 Å². The highest BCUT2D eigenvalue weighted by Gasteiger charge is 2.16. The number of hydrogen-bond acceptors (Lipinski definition) is 3. The average molecular weight is 291 g/mol. The molecule has 0 unspecified atom stereocenters. The van der Waals surface area contributed by atoms with Gasteiger partial charge in [-0.3, -0.25) is 0 Å². The Labute approximate surface area is 124 Å². The van der Waals surface area contributed by atoms with E-state index in [0.717, 1.165) is 30.0 Å². The first-order valence-electron chi connectivity index (χ1n) is 7.16. The zero-order chi connectivity index (χ0) is 15.3. The molecule has 114 valence electrons. The van der Waals surface area contributed by atoms with Gasteiger partial charge < -0.3 is 14.8 Å². The van der Waals surface area contributed by atoms with Crippen molar-refractivity contribution in [2.45, 2.75) is 26.8 Å². The standard InChI is InChI=1S/C17H22FNO2/c1-17(2,9-10-20)12-19-11-15-7-8-16(21-15)13-3-5-14(18)6-4-13/h3-8,19-20H,9-12H2,1-2H3. The van der Waals surface area contributed by atoms with Crippen molar-refractivity contribution in [1.29, 1.82) is 0 Å². The number of benzene rings is 1. The Kier molecular flexibility index (Phi) is 5.15. The Morgan fingerprint density at radius 2 is 1.86 bits per heavy atom. The first kappa shape index (κ1) is 15.7. The SMILES string of the molecule is CC(C)(CCO)CNCc1ccc(-c2ccc(F)cc2)o1. The third-order valence-corrected chi connectivity index (χ3v) is 3.48. The lowest BCUT2D eigenvalue weighted by atomic mass is 9.90. The molecule has 4 heteroatoms. The highest BCUT2D eigenvalue weighted by molar-refractivity contribution is 5.57. The number of nitrogens with one attached hydrogen (secondary N) is 1. The molecule has 0 saturated carbocycles. The summed E-state index contributed by atoms with van der Waals surface area (Å²) < 4.78 is 18.6. The van der Waals surface area contributed by atoms with Crippen LogP contribution in [0.15, 0.2) is 40.8 Å². The van der Waals surface area contributed by atoms with Crippen LogP contribution >= 0.6 is 0 Å². The number of halogens is 1. The second-order valence-corrected chi connectivity index (χ2v) is 6.01. The Morgan fingerprint density at radius 1 is 1.14 bits per heavy atom. The van der Waals surface area contributed by atoms with Gasteiger partial charge in [0.1, 0.15) is 17.3 Å². The summed E-state index contributed by atoms with van der Waals surface area (Å²) in [7, 11) is 0. The molecule has 0 fully saturated rings. The quantitative estimate of drug-likeness (QED) is 0.819. The van der Waals surface area contributed by atoms with E-state index in [0.29, 0.717) is 6.54 Å². The first-order chi connectivity index (χ1) is 10.00. The fourth-order valence-corrected chi connectivity index (χ4v) is 2.16. The van der Waals surface area contributed by atoms with Crippen molar-refractivity contribution >= 4 is 0 Å². The van der Waals surface area contributed by atoms with Crippen LogP contribution in [-0.4, -0.2) is 18.3 Å². The van der Waals surface area contributed by atoms with Gasteiger partial charge in [-0.25, -0.2) is 4.39 Å². The molecule has 2 rings (SSSR count). The summed E-state index contributed by atoms with van der Waals surface area (Å²) in [5.74, 6) is 1.33. The van der Waals surface area contributed by atoms with Gasteiger partial charge in [0.05, 0.1) is 6.54 Å². The first-order valence-corrected chi connectivity index (χ1v) is 7.16. The lowest BCUT2D eigenvalue weighted by Gasteiger charge is -2.23. The van der Waals surface area contributed by atoms with Crippen molar-refractivity contribution in [3.05, 3.63) is 48.0 Å². The third kappa shape index (κ3) is 4.69. The number of rotatable bonds is 7. The number of aliphatic hydroxyl groups is 1. The fraction of sp³-hybridized carbons (Fsp3) is 0.412. The maximum absolute atomic E-state index is 12.9. The monoisotopic (exact) mass is 291 g/mol. The largest absolute Gasteiger partial charge is 0.460 e. The smallest absolute Gasteiger partial charge is 0.134 e. The lowest BCUT2D eigenvalue weighted by molar-refractivity contribution is 0.206. The van der Waals surface area contributed by atoms with Gasteiger partial charge in [0.15, 0.2) is 0 Å². The maximum Gasteiger partial charge on any atom is 0.134 e. The van der Waals surface area contributed by atoms with E-state index in [2.05, 4.69) is 19.2 Å². The van der Waals surface area contributed by atoms with Gasteiger partial charge >= 0.3 is 0 Å². The zero-order valence-corrected chi connectivity index (χ0v) is 12.5. The molecule has 0 aliphatic rings. The maximum atomic E-state index is 12.9. The van der Waals surface area contributed by atoms with Crippen LogP contribution in [-0.2, 0) is 6.54 Å². The lowest BCUT2D eigenvalue weighted by Crippen LogP contribution is -2.29. The van der Waals surface area contributed by atoms with Crippen LogP contribution in [0.5, 0.6) is 0 Å². The summed E-state index contributed by atoms with van der Waals surface area (Å²) in [5.41, 5.74) is 0.921. The van der Waals surface area contributed by atoms with Crippen LogP contribution in [0.3, 0.4) is 0 Å². The van der Waals surface area contributed by atoms with Crippen LogP contribution in [0, 0.1) is 11.2 Å². The predicted octanol–water partition coefficient (Wildman–Crippen LogP) is 3.58. The number of aliphatic hydroxyl groups excluding tert-OH is 1. The van der Waals surface area contributed by atoms with E-state index in [9.17, 15) is 4.39 Å². The summed E-state index contributed by atoms with van der Waals surface area (Å²) in [5, 5.41) is 12.3. The van der Waals surface area contributed by atoms with Gasteiger partial charge in [-0.2, -0.15) is 0 Å². The molecular weight excluding hydrogens is 269 g/mol. The molecule has 0 aliphatic heterocycles. The Morgan fingerprint density at radius 3 is 2.52 bits per heavy atom. The summed E-state index contributed by atoms with van der Waals surface area (Å²) in [6.07, 6.45) is 0.763. The van der Waals surface area contributed by atoms with E-state index in [4.69, 9.17) is 9.52 Å². The van der Waals surface area contributed by atoms with Crippen molar-refractivity contribution in [3.8, 4) is 11.3 Å². The van der Waals surface area contributed by atoms with E-state index in [-0.39, 0.29) is 17.8 Å². The normalized spacial score (nSPS) is 11.8. The highest BCUT2D eigenvalue weighted by Crippen LogP contribution is 2.23. The molecule has 0 radical (unpaired) electrons. The van der Waals surface area contributed by atoms with E-state index in [1.54, 1.807) is 12.1 Å². The predicted molar refractivity (Wildman–Crippen MR) is 81.3 cm³/mol. The third-order valence-electron chi connectivity index (χ3n) is 3.48. The molecule has 2 N–H and O–H groups in total. The zero-order valence-electron chi connectivity index (χ0n) is 12.5. The summed E-state index contributed by atoms with van der Waals surface area (Å²) >= 11 is 0. The van der Waals surface area contributed by atoms with Crippen LogP contribution in [0.4, 0.5) is 4.39 Å². The van der Waals surface area contributed by atoms with Crippen molar-refractivity contribution in [1.82, 2.24) is 5.32 Å². The van der Waals surface area contributed by atoms with Crippen molar-refractivity contribution in [2.24, 2.45) is 5.41 Å². The molecule has 0 aliphatic carbocycles. The molecule has 1 heterocycles. The van der Waals surface area contributed by atoms with Crippen LogP contribution in [0.2, 0.25) is 0 Å². The van der Waals surface area contributed by atoms with Gasteiger partial charge in [0.2, 0.25) is 0 Å². The van der Waals surface area contributed by atoms with Crippen LogP contribution < -0.4 is 5.32 Å². The molecule has 1 aromatic heterocycles. The summed E-state index contributed by atoms with van der Waals surface area (Å²) in [4.78, 5) is 0. The second-order valence-electron chi connectivity index (χ2n) is 6.01.